The zero-order chi connectivity index (χ0) is 18.6. The molecule has 0 unspecified atom stereocenters. The molecule has 0 heterocycles. The topological polar surface area (TPSA) is 60.0 Å². The van der Waals surface area contributed by atoms with Crippen molar-refractivity contribution in [3.05, 3.63) is 58.6 Å². The van der Waals surface area contributed by atoms with Gasteiger partial charge in [0.15, 0.2) is 11.5 Å². The Morgan fingerprint density at radius 1 is 1.04 bits per heavy atom. The van der Waals surface area contributed by atoms with E-state index < -0.39 is 0 Å². The Bertz CT molecular complexity index is 652. The number of benzene rings is 2. The molecule has 2 aromatic rings. The molecule has 0 bridgehead atoms. The van der Waals surface area contributed by atoms with E-state index in [1.165, 1.54) is 0 Å². The number of ether oxygens (including phenoxy) is 3. The van der Waals surface area contributed by atoms with Crippen molar-refractivity contribution in [2.24, 2.45) is 0 Å². The lowest BCUT2D eigenvalue weighted by Gasteiger charge is -2.16. The minimum atomic E-state index is 0.0395. The third-order valence-corrected chi connectivity index (χ3v) is 3.86. The molecule has 0 aliphatic heterocycles. The highest BCUT2D eigenvalue weighted by molar-refractivity contribution is 6.32. The Hall–Kier alpha value is -1.79. The van der Waals surface area contributed by atoms with E-state index in [0.29, 0.717) is 56.0 Å². The Balaban J connectivity index is 1.97. The van der Waals surface area contributed by atoms with Crippen molar-refractivity contribution < 1.29 is 19.3 Å². The van der Waals surface area contributed by atoms with Crippen molar-refractivity contribution in [3.63, 3.8) is 0 Å². The maximum Gasteiger partial charge on any atom is 0.180 e. The number of hydrogen-bond donors (Lipinski definition) is 2. The van der Waals surface area contributed by atoms with Crippen LogP contribution in [0.4, 0.5) is 0 Å². The summed E-state index contributed by atoms with van der Waals surface area (Å²) >= 11 is 6.43. The summed E-state index contributed by atoms with van der Waals surface area (Å²) in [5.41, 5.74) is 2.08. The highest BCUT2D eigenvalue weighted by Gasteiger charge is 2.13. The number of rotatable bonds is 12. The third kappa shape index (κ3) is 6.84. The van der Waals surface area contributed by atoms with E-state index in [1.54, 1.807) is 0 Å². The van der Waals surface area contributed by atoms with Gasteiger partial charge in [-0.3, -0.25) is 0 Å². The third-order valence-electron chi connectivity index (χ3n) is 3.58. The van der Waals surface area contributed by atoms with Crippen molar-refractivity contribution in [1.29, 1.82) is 0 Å². The molecule has 6 heteroatoms. The van der Waals surface area contributed by atoms with Gasteiger partial charge in [0.25, 0.3) is 0 Å². The van der Waals surface area contributed by atoms with Gasteiger partial charge in [0.1, 0.15) is 6.61 Å². The molecule has 0 aliphatic rings. The smallest absolute Gasteiger partial charge is 0.180 e. The molecule has 0 fully saturated rings. The van der Waals surface area contributed by atoms with Crippen LogP contribution in [0.5, 0.6) is 11.5 Å². The molecule has 2 aromatic carbocycles. The molecule has 2 N–H and O–H groups in total. The van der Waals surface area contributed by atoms with Crippen LogP contribution in [-0.2, 0) is 17.9 Å². The standard InChI is InChI=1S/C20H26ClNO4/c1-2-25-19-13-17(14-22-8-10-24-11-9-23)12-18(21)20(19)26-15-16-6-4-3-5-7-16/h3-7,12-13,22-23H,2,8-11,14-15H2,1H3. The number of aliphatic hydroxyl groups excluding tert-OH is 1. The van der Waals surface area contributed by atoms with Crippen molar-refractivity contribution in [2.75, 3.05) is 33.0 Å². The predicted octanol–water partition coefficient (Wildman–Crippen LogP) is 3.42. The molecule has 0 aromatic heterocycles. The quantitative estimate of drug-likeness (QED) is 0.553. The first-order chi connectivity index (χ1) is 12.7. The molecular formula is C20H26ClNO4. The van der Waals surface area contributed by atoms with Crippen LogP contribution in [-0.4, -0.2) is 38.1 Å². The average Bonchev–Trinajstić information content (AvgIpc) is 2.65. The van der Waals surface area contributed by atoms with Crippen LogP contribution in [0.3, 0.4) is 0 Å². The largest absolute Gasteiger partial charge is 0.490 e. The van der Waals surface area contributed by atoms with Crippen LogP contribution in [0.25, 0.3) is 0 Å². The highest BCUT2D eigenvalue weighted by atomic mass is 35.5. The van der Waals surface area contributed by atoms with Crippen LogP contribution < -0.4 is 14.8 Å². The van der Waals surface area contributed by atoms with E-state index in [2.05, 4.69) is 5.32 Å². The highest BCUT2D eigenvalue weighted by Crippen LogP contribution is 2.37. The van der Waals surface area contributed by atoms with E-state index in [1.807, 2.05) is 49.4 Å². The fraction of sp³-hybridized carbons (Fsp3) is 0.400. The molecule has 0 aliphatic carbocycles. The zero-order valence-electron chi connectivity index (χ0n) is 15.0. The molecule has 0 saturated carbocycles. The second-order valence-electron chi connectivity index (χ2n) is 5.62. The van der Waals surface area contributed by atoms with Crippen molar-refractivity contribution in [2.45, 2.75) is 20.1 Å². The maximum absolute atomic E-state index is 8.67. The summed E-state index contributed by atoms with van der Waals surface area (Å²) < 4.78 is 16.8. The molecule has 0 amide bonds. The normalized spacial score (nSPS) is 10.7. The Morgan fingerprint density at radius 3 is 2.58 bits per heavy atom. The van der Waals surface area contributed by atoms with E-state index in [9.17, 15) is 0 Å². The first-order valence-electron chi connectivity index (χ1n) is 8.75. The Morgan fingerprint density at radius 2 is 1.85 bits per heavy atom. The van der Waals surface area contributed by atoms with Crippen LogP contribution >= 0.6 is 11.6 Å². The summed E-state index contributed by atoms with van der Waals surface area (Å²) in [6, 6.07) is 13.8. The van der Waals surface area contributed by atoms with Crippen LogP contribution in [0, 0.1) is 0 Å². The summed E-state index contributed by atoms with van der Waals surface area (Å²) in [5, 5.41) is 12.5. The van der Waals surface area contributed by atoms with E-state index >= 15 is 0 Å². The molecule has 5 nitrogen and oxygen atoms in total. The molecule has 0 saturated heterocycles. The van der Waals surface area contributed by atoms with Gasteiger partial charge in [-0.2, -0.15) is 0 Å². The van der Waals surface area contributed by atoms with Gasteiger partial charge >= 0.3 is 0 Å². The van der Waals surface area contributed by atoms with Gasteiger partial charge in [-0.25, -0.2) is 0 Å². The second kappa shape index (κ2) is 11.8. The lowest BCUT2D eigenvalue weighted by atomic mass is 10.2. The second-order valence-corrected chi connectivity index (χ2v) is 6.03. The van der Waals surface area contributed by atoms with E-state index in [4.69, 9.17) is 30.9 Å². The van der Waals surface area contributed by atoms with Crippen LogP contribution in [0.2, 0.25) is 5.02 Å². The van der Waals surface area contributed by atoms with Crippen molar-refractivity contribution in [1.82, 2.24) is 5.32 Å². The van der Waals surface area contributed by atoms with Crippen LogP contribution in [0.15, 0.2) is 42.5 Å². The Labute approximate surface area is 159 Å². The number of aliphatic hydroxyl groups is 1. The molecular weight excluding hydrogens is 354 g/mol. The molecule has 26 heavy (non-hydrogen) atoms. The maximum atomic E-state index is 8.67. The van der Waals surface area contributed by atoms with Gasteiger partial charge in [-0.05, 0) is 30.2 Å². The van der Waals surface area contributed by atoms with E-state index in [0.717, 1.165) is 11.1 Å². The summed E-state index contributed by atoms with van der Waals surface area (Å²) in [6.45, 7) is 5.16. The summed E-state index contributed by atoms with van der Waals surface area (Å²) in [6.07, 6.45) is 0. The predicted molar refractivity (Wildman–Crippen MR) is 103 cm³/mol. The van der Waals surface area contributed by atoms with Gasteiger partial charge < -0.3 is 24.6 Å². The summed E-state index contributed by atoms with van der Waals surface area (Å²) in [5.74, 6) is 1.21. The number of halogens is 1. The molecule has 0 spiro atoms. The SMILES string of the molecule is CCOc1cc(CNCCOCCO)cc(Cl)c1OCc1ccccc1. The lowest BCUT2D eigenvalue weighted by molar-refractivity contribution is 0.0938. The minimum Gasteiger partial charge on any atom is -0.490 e. The van der Waals surface area contributed by atoms with E-state index in [-0.39, 0.29) is 6.61 Å². The van der Waals surface area contributed by atoms with Gasteiger partial charge in [0.05, 0.1) is 31.5 Å². The fourth-order valence-corrected chi connectivity index (χ4v) is 2.69. The lowest BCUT2D eigenvalue weighted by Crippen LogP contribution is -2.20. The first-order valence-corrected chi connectivity index (χ1v) is 9.13. The molecule has 0 atom stereocenters. The first kappa shape index (κ1) is 20.5. The van der Waals surface area contributed by atoms with Gasteiger partial charge in [-0.1, -0.05) is 41.9 Å². The van der Waals surface area contributed by atoms with Crippen molar-refractivity contribution in [3.8, 4) is 11.5 Å². The van der Waals surface area contributed by atoms with Crippen LogP contribution in [0.1, 0.15) is 18.1 Å². The zero-order valence-corrected chi connectivity index (χ0v) is 15.8. The molecule has 142 valence electrons. The fourth-order valence-electron chi connectivity index (χ4n) is 2.40. The van der Waals surface area contributed by atoms with Crippen molar-refractivity contribution >= 4 is 11.6 Å². The van der Waals surface area contributed by atoms with Gasteiger partial charge in [0.2, 0.25) is 0 Å². The summed E-state index contributed by atoms with van der Waals surface area (Å²) in [4.78, 5) is 0. The molecule has 0 radical (unpaired) electrons. The molecule has 2 rings (SSSR count). The number of hydrogen-bond acceptors (Lipinski definition) is 5. The monoisotopic (exact) mass is 379 g/mol. The number of nitrogens with one attached hydrogen (secondary N) is 1. The minimum absolute atomic E-state index is 0.0395. The van der Waals surface area contributed by atoms with Gasteiger partial charge in [-0.15, -0.1) is 0 Å². The van der Waals surface area contributed by atoms with Gasteiger partial charge in [0, 0.05) is 13.1 Å². The summed E-state index contributed by atoms with van der Waals surface area (Å²) in [7, 11) is 0. The Kier molecular flexibility index (Phi) is 9.28. The average molecular weight is 380 g/mol.